The molecular formula is C16H12N4OS. The van der Waals surface area contributed by atoms with E-state index in [9.17, 15) is 4.79 Å². The van der Waals surface area contributed by atoms with Gasteiger partial charge >= 0.3 is 0 Å². The van der Waals surface area contributed by atoms with E-state index in [0.717, 1.165) is 27.9 Å². The molecule has 5 nitrogen and oxygen atoms in total. The highest BCUT2D eigenvalue weighted by atomic mass is 32.1. The first-order valence-electron chi connectivity index (χ1n) is 6.77. The fraction of sp³-hybridized carbons (Fsp3) is 0. The van der Waals surface area contributed by atoms with E-state index in [1.165, 1.54) is 11.3 Å². The molecule has 2 aromatic carbocycles. The second-order valence-corrected chi connectivity index (χ2v) is 5.74. The monoisotopic (exact) mass is 308 g/mol. The molecule has 22 heavy (non-hydrogen) atoms. The topological polar surface area (TPSA) is 66.1 Å². The highest BCUT2D eigenvalue weighted by molar-refractivity contribution is 7.13. The molecular weight excluding hydrogens is 296 g/mol. The largest absolute Gasteiger partial charge is 0.353 e. The van der Waals surface area contributed by atoms with Crippen LogP contribution in [0.3, 0.4) is 0 Å². The summed E-state index contributed by atoms with van der Waals surface area (Å²) in [5.41, 5.74) is 3.87. The van der Waals surface area contributed by atoms with Gasteiger partial charge in [-0.3, -0.25) is 4.79 Å². The lowest BCUT2D eigenvalue weighted by Crippen LogP contribution is -2.11. The molecule has 0 atom stereocenters. The van der Waals surface area contributed by atoms with Gasteiger partial charge in [0.15, 0.2) is 5.13 Å². The quantitative estimate of drug-likeness (QED) is 0.664. The first-order valence-corrected chi connectivity index (χ1v) is 7.65. The Balaban J connectivity index is 1.72. The van der Waals surface area contributed by atoms with E-state index in [2.05, 4.69) is 20.9 Å². The molecule has 2 heterocycles. The van der Waals surface area contributed by atoms with Gasteiger partial charge in [-0.15, -0.1) is 11.3 Å². The van der Waals surface area contributed by atoms with Gasteiger partial charge in [0.2, 0.25) is 0 Å². The SMILES string of the molecule is O=C1Nc2ccccc2Nc2ccc(Nc3nccs3)cc21. The van der Waals surface area contributed by atoms with E-state index in [0.29, 0.717) is 5.56 Å². The third kappa shape index (κ3) is 2.29. The van der Waals surface area contributed by atoms with E-state index < -0.39 is 0 Å². The maximum Gasteiger partial charge on any atom is 0.257 e. The molecule has 6 heteroatoms. The van der Waals surface area contributed by atoms with Crippen LogP contribution in [-0.4, -0.2) is 10.9 Å². The summed E-state index contributed by atoms with van der Waals surface area (Å²) in [5, 5.41) is 12.1. The van der Waals surface area contributed by atoms with Crippen molar-refractivity contribution in [1.82, 2.24) is 4.98 Å². The minimum atomic E-state index is -0.129. The smallest absolute Gasteiger partial charge is 0.257 e. The molecule has 0 bridgehead atoms. The van der Waals surface area contributed by atoms with Crippen molar-refractivity contribution < 1.29 is 4.79 Å². The third-order valence-corrected chi connectivity index (χ3v) is 4.08. The number of thiazole rings is 1. The Hall–Kier alpha value is -2.86. The molecule has 0 spiro atoms. The maximum atomic E-state index is 12.4. The van der Waals surface area contributed by atoms with Gasteiger partial charge < -0.3 is 16.0 Å². The van der Waals surface area contributed by atoms with E-state index >= 15 is 0 Å². The van der Waals surface area contributed by atoms with Crippen molar-refractivity contribution >= 4 is 45.1 Å². The Kier molecular flexibility index (Phi) is 3.01. The van der Waals surface area contributed by atoms with Crippen molar-refractivity contribution in [3.63, 3.8) is 0 Å². The van der Waals surface area contributed by atoms with E-state index in [4.69, 9.17) is 0 Å². The molecule has 4 rings (SSSR count). The molecule has 108 valence electrons. The van der Waals surface area contributed by atoms with E-state index in [-0.39, 0.29) is 5.91 Å². The van der Waals surface area contributed by atoms with Gasteiger partial charge in [0.05, 0.1) is 22.6 Å². The van der Waals surface area contributed by atoms with Crippen molar-refractivity contribution in [2.24, 2.45) is 0 Å². The minimum Gasteiger partial charge on any atom is -0.353 e. The van der Waals surface area contributed by atoms with Crippen molar-refractivity contribution in [3.05, 3.63) is 59.6 Å². The third-order valence-electron chi connectivity index (χ3n) is 3.39. The molecule has 0 fully saturated rings. The number of aromatic nitrogens is 1. The first-order chi connectivity index (χ1) is 10.8. The summed E-state index contributed by atoms with van der Waals surface area (Å²) in [6.07, 6.45) is 1.74. The summed E-state index contributed by atoms with van der Waals surface area (Å²) < 4.78 is 0. The zero-order valence-corrected chi connectivity index (χ0v) is 12.3. The van der Waals surface area contributed by atoms with E-state index in [1.807, 2.05) is 47.8 Å². The normalized spacial score (nSPS) is 12.5. The summed E-state index contributed by atoms with van der Waals surface area (Å²) in [7, 11) is 0. The lowest BCUT2D eigenvalue weighted by molar-refractivity contribution is 0.102. The molecule has 0 unspecified atom stereocenters. The van der Waals surface area contributed by atoms with Crippen LogP contribution in [-0.2, 0) is 0 Å². The summed E-state index contributed by atoms with van der Waals surface area (Å²) >= 11 is 1.51. The van der Waals surface area contributed by atoms with Gasteiger partial charge in [-0.25, -0.2) is 4.98 Å². The lowest BCUT2D eigenvalue weighted by Gasteiger charge is -2.09. The summed E-state index contributed by atoms with van der Waals surface area (Å²) in [4.78, 5) is 16.6. The zero-order chi connectivity index (χ0) is 14.9. The Morgan fingerprint density at radius 3 is 2.59 bits per heavy atom. The molecule has 1 amide bonds. The van der Waals surface area contributed by atoms with Crippen molar-refractivity contribution in [2.45, 2.75) is 0 Å². The van der Waals surface area contributed by atoms with Crippen LogP contribution in [0.1, 0.15) is 10.4 Å². The number of hydrogen-bond acceptors (Lipinski definition) is 5. The number of fused-ring (bicyclic) bond motifs is 2. The van der Waals surface area contributed by atoms with Crippen LogP contribution >= 0.6 is 11.3 Å². The second-order valence-electron chi connectivity index (χ2n) is 4.85. The van der Waals surface area contributed by atoms with Crippen LogP contribution in [0.15, 0.2) is 54.0 Å². The second kappa shape index (κ2) is 5.16. The number of carbonyl (C=O) groups is 1. The van der Waals surface area contributed by atoms with Crippen LogP contribution in [0.25, 0.3) is 0 Å². The number of benzene rings is 2. The molecule has 3 aromatic rings. The number of para-hydroxylation sites is 2. The van der Waals surface area contributed by atoms with Crippen LogP contribution in [0.4, 0.5) is 27.9 Å². The first kappa shape index (κ1) is 12.8. The molecule has 1 aromatic heterocycles. The Morgan fingerprint density at radius 1 is 1.00 bits per heavy atom. The molecule has 1 aliphatic rings. The molecule has 3 N–H and O–H groups in total. The van der Waals surface area contributed by atoms with Gasteiger partial charge in [-0.1, -0.05) is 12.1 Å². The van der Waals surface area contributed by atoms with Gasteiger partial charge in [-0.05, 0) is 30.3 Å². The highest BCUT2D eigenvalue weighted by Crippen LogP contribution is 2.33. The zero-order valence-electron chi connectivity index (χ0n) is 11.5. The number of amides is 1. The fourth-order valence-corrected chi connectivity index (χ4v) is 2.91. The summed E-state index contributed by atoms with van der Waals surface area (Å²) in [5.74, 6) is -0.129. The van der Waals surface area contributed by atoms with Gasteiger partial charge in [0.25, 0.3) is 5.91 Å². The highest BCUT2D eigenvalue weighted by Gasteiger charge is 2.19. The van der Waals surface area contributed by atoms with Gasteiger partial charge in [0, 0.05) is 17.3 Å². The molecule has 0 aliphatic carbocycles. The molecule has 0 saturated heterocycles. The lowest BCUT2D eigenvalue weighted by atomic mass is 10.1. The van der Waals surface area contributed by atoms with E-state index in [1.54, 1.807) is 6.20 Å². The number of anilines is 5. The van der Waals surface area contributed by atoms with Crippen LogP contribution in [0.5, 0.6) is 0 Å². The number of hydrogen-bond donors (Lipinski definition) is 3. The standard InChI is InChI=1S/C16H12N4OS/c21-15-11-9-10(18-16-17-7-8-22-16)5-6-12(11)19-13-3-1-2-4-14(13)20-15/h1-9,19H,(H,17,18)(H,20,21). The minimum absolute atomic E-state index is 0.129. The van der Waals surface area contributed by atoms with Crippen molar-refractivity contribution in [1.29, 1.82) is 0 Å². The Labute approximate surface area is 131 Å². The summed E-state index contributed by atoms with van der Waals surface area (Å²) in [6, 6.07) is 13.3. The molecule has 0 saturated carbocycles. The predicted molar refractivity (Wildman–Crippen MR) is 89.5 cm³/mol. The number of rotatable bonds is 2. The van der Waals surface area contributed by atoms with Crippen molar-refractivity contribution in [2.75, 3.05) is 16.0 Å². The van der Waals surface area contributed by atoms with Crippen LogP contribution < -0.4 is 16.0 Å². The average Bonchev–Trinajstić information content (AvgIpc) is 2.98. The Morgan fingerprint density at radius 2 is 1.82 bits per heavy atom. The number of nitrogens with one attached hydrogen (secondary N) is 3. The molecule has 1 aliphatic heterocycles. The van der Waals surface area contributed by atoms with Gasteiger partial charge in [-0.2, -0.15) is 0 Å². The predicted octanol–water partition coefficient (Wildman–Crippen LogP) is 4.20. The fourth-order valence-electron chi connectivity index (χ4n) is 2.36. The van der Waals surface area contributed by atoms with Crippen LogP contribution in [0.2, 0.25) is 0 Å². The van der Waals surface area contributed by atoms with Crippen LogP contribution in [0, 0.1) is 0 Å². The summed E-state index contributed by atoms with van der Waals surface area (Å²) in [6.45, 7) is 0. The average molecular weight is 308 g/mol. The number of carbonyl (C=O) groups excluding carboxylic acids is 1. The molecule has 0 radical (unpaired) electrons. The Bertz CT molecular complexity index is 845. The maximum absolute atomic E-state index is 12.4. The van der Waals surface area contributed by atoms with Gasteiger partial charge in [0.1, 0.15) is 0 Å². The van der Waals surface area contributed by atoms with Crippen molar-refractivity contribution in [3.8, 4) is 0 Å². The number of nitrogens with zero attached hydrogens (tertiary/aromatic N) is 1.